The maximum atomic E-state index is 5.74. The number of nitrogens with one attached hydrogen (secondary N) is 1. The molecule has 18 heavy (non-hydrogen) atoms. The van der Waals surface area contributed by atoms with E-state index < -0.39 is 0 Å². The van der Waals surface area contributed by atoms with Crippen molar-refractivity contribution in [3.05, 3.63) is 11.7 Å². The summed E-state index contributed by atoms with van der Waals surface area (Å²) in [4.78, 5) is 4.49. The Morgan fingerprint density at radius 3 is 3.00 bits per heavy atom. The van der Waals surface area contributed by atoms with E-state index in [-0.39, 0.29) is 6.10 Å². The predicted octanol–water partition coefficient (Wildman–Crippen LogP) is 1.85. The average molecular weight is 251 g/mol. The van der Waals surface area contributed by atoms with E-state index in [2.05, 4.69) is 22.4 Å². The Morgan fingerprint density at radius 1 is 1.33 bits per heavy atom. The standard InChI is InChI=1S/C13H21N3O2/c1-9-4-5-11(17-9)13-15-12(16-18-13)7-10-3-2-6-14-8-10/h9-11,14H,2-8H2,1H3. The summed E-state index contributed by atoms with van der Waals surface area (Å²) in [6, 6.07) is 0. The van der Waals surface area contributed by atoms with E-state index in [9.17, 15) is 0 Å². The van der Waals surface area contributed by atoms with Crippen molar-refractivity contribution in [3.8, 4) is 0 Å². The molecule has 2 saturated heterocycles. The van der Waals surface area contributed by atoms with E-state index in [0.717, 1.165) is 38.2 Å². The van der Waals surface area contributed by atoms with Gasteiger partial charge in [-0.1, -0.05) is 5.16 Å². The normalized spacial score (nSPS) is 32.8. The van der Waals surface area contributed by atoms with Gasteiger partial charge in [0.15, 0.2) is 5.82 Å². The number of nitrogens with zero attached hydrogens (tertiary/aromatic N) is 2. The molecule has 0 spiro atoms. The summed E-state index contributed by atoms with van der Waals surface area (Å²) in [6.45, 7) is 4.30. The minimum Gasteiger partial charge on any atom is -0.365 e. The van der Waals surface area contributed by atoms with E-state index in [1.807, 2.05) is 0 Å². The van der Waals surface area contributed by atoms with Crippen LogP contribution in [0.5, 0.6) is 0 Å². The Hall–Kier alpha value is -0.940. The van der Waals surface area contributed by atoms with Gasteiger partial charge in [-0.3, -0.25) is 0 Å². The number of aromatic nitrogens is 2. The van der Waals surface area contributed by atoms with Crippen LogP contribution in [0, 0.1) is 5.92 Å². The molecule has 1 aromatic rings. The Morgan fingerprint density at radius 2 is 2.28 bits per heavy atom. The highest BCUT2D eigenvalue weighted by Crippen LogP contribution is 2.31. The molecule has 0 radical (unpaired) electrons. The fraction of sp³-hybridized carbons (Fsp3) is 0.846. The summed E-state index contributed by atoms with van der Waals surface area (Å²) in [5, 5.41) is 7.50. The summed E-state index contributed by atoms with van der Waals surface area (Å²) in [5.74, 6) is 2.15. The molecule has 0 amide bonds. The van der Waals surface area contributed by atoms with Crippen LogP contribution >= 0.6 is 0 Å². The van der Waals surface area contributed by atoms with Gasteiger partial charge in [-0.15, -0.1) is 0 Å². The second-order valence-electron chi connectivity index (χ2n) is 5.48. The van der Waals surface area contributed by atoms with E-state index in [0.29, 0.717) is 17.9 Å². The fourth-order valence-electron chi connectivity index (χ4n) is 2.82. The SMILES string of the molecule is CC1CCC(c2nc(CC3CCCNC3)no2)O1. The van der Waals surface area contributed by atoms with Crippen molar-refractivity contribution in [3.63, 3.8) is 0 Å². The third kappa shape index (κ3) is 2.72. The Kier molecular flexibility index (Phi) is 3.61. The molecule has 3 heterocycles. The molecule has 0 aliphatic carbocycles. The van der Waals surface area contributed by atoms with Crippen LogP contribution in [0.15, 0.2) is 4.52 Å². The predicted molar refractivity (Wildman–Crippen MR) is 66.1 cm³/mol. The number of hydrogen-bond donors (Lipinski definition) is 1. The third-order valence-electron chi connectivity index (χ3n) is 3.86. The van der Waals surface area contributed by atoms with Gasteiger partial charge < -0.3 is 14.6 Å². The van der Waals surface area contributed by atoms with Crippen LogP contribution in [0.4, 0.5) is 0 Å². The lowest BCUT2D eigenvalue weighted by molar-refractivity contribution is 0.0355. The highest BCUT2D eigenvalue weighted by molar-refractivity contribution is 4.94. The Labute approximate surface area is 107 Å². The molecule has 3 unspecified atom stereocenters. The van der Waals surface area contributed by atoms with Gasteiger partial charge in [0.2, 0.25) is 0 Å². The summed E-state index contributed by atoms with van der Waals surface area (Å²) in [7, 11) is 0. The highest BCUT2D eigenvalue weighted by atomic mass is 16.5. The summed E-state index contributed by atoms with van der Waals surface area (Å²) < 4.78 is 11.1. The molecule has 0 aromatic carbocycles. The molecular formula is C13H21N3O2. The van der Waals surface area contributed by atoms with Gasteiger partial charge in [-0.25, -0.2) is 0 Å². The van der Waals surface area contributed by atoms with Crippen molar-refractivity contribution in [2.45, 2.75) is 51.2 Å². The van der Waals surface area contributed by atoms with Gasteiger partial charge in [0.1, 0.15) is 6.10 Å². The highest BCUT2D eigenvalue weighted by Gasteiger charge is 2.28. The first-order chi connectivity index (χ1) is 8.81. The second kappa shape index (κ2) is 5.36. The zero-order chi connectivity index (χ0) is 12.4. The van der Waals surface area contributed by atoms with Gasteiger partial charge in [0, 0.05) is 6.42 Å². The summed E-state index contributed by atoms with van der Waals surface area (Å²) in [6.07, 6.45) is 5.83. The van der Waals surface area contributed by atoms with E-state index in [4.69, 9.17) is 9.26 Å². The molecule has 0 saturated carbocycles. The van der Waals surface area contributed by atoms with Crippen molar-refractivity contribution in [1.82, 2.24) is 15.5 Å². The monoisotopic (exact) mass is 251 g/mol. The maximum absolute atomic E-state index is 5.74. The first-order valence-electron chi connectivity index (χ1n) is 7.00. The van der Waals surface area contributed by atoms with Crippen molar-refractivity contribution >= 4 is 0 Å². The zero-order valence-corrected chi connectivity index (χ0v) is 10.9. The number of hydrogen-bond acceptors (Lipinski definition) is 5. The van der Waals surface area contributed by atoms with Gasteiger partial charge in [0.25, 0.3) is 5.89 Å². The lowest BCUT2D eigenvalue weighted by Crippen LogP contribution is -2.31. The third-order valence-corrected chi connectivity index (χ3v) is 3.86. The van der Waals surface area contributed by atoms with Crippen molar-refractivity contribution in [1.29, 1.82) is 0 Å². The Bertz CT molecular complexity index is 387. The molecule has 2 aliphatic heterocycles. The number of rotatable bonds is 3. The first kappa shape index (κ1) is 12.1. The molecule has 100 valence electrons. The largest absolute Gasteiger partial charge is 0.365 e. The molecule has 2 fully saturated rings. The average Bonchev–Trinajstić information content (AvgIpc) is 2.99. The fourth-order valence-corrected chi connectivity index (χ4v) is 2.82. The lowest BCUT2D eigenvalue weighted by Gasteiger charge is -2.20. The first-order valence-corrected chi connectivity index (χ1v) is 7.00. The van der Waals surface area contributed by atoms with E-state index in [1.165, 1.54) is 12.8 Å². The van der Waals surface area contributed by atoms with Crippen LogP contribution in [-0.2, 0) is 11.2 Å². The second-order valence-corrected chi connectivity index (χ2v) is 5.48. The molecule has 1 aromatic heterocycles. The van der Waals surface area contributed by atoms with E-state index in [1.54, 1.807) is 0 Å². The van der Waals surface area contributed by atoms with Gasteiger partial charge in [-0.05, 0) is 51.6 Å². The van der Waals surface area contributed by atoms with Gasteiger partial charge in [-0.2, -0.15) is 4.98 Å². The zero-order valence-electron chi connectivity index (χ0n) is 10.9. The van der Waals surface area contributed by atoms with E-state index >= 15 is 0 Å². The molecule has 3 rings (SSSR count). The lowest BCUT2D eigenvalue weighted by atomic mass is 9.96. The smallest absolute Gasteiger partial charge is 0.255 e. The number of piperidine rings is 1. The van der Waals surface area contributed by atoms with Crippen LogP contribution in [0.25, 0.3) is 0 Å². The topological polar surface area (TPSA) is 60.2 Å². The van der Waals surface area contributed by atoms with Crippen LogP contribution in [0.3, 0.4) is 0 Å². The Balaban J connectivity index is 1.59. The van der Waals surface area contributed by atoms with Crippen molar-refractivity contribution < 1.29 is 9.26 Å². The molecule has 5 heteroatoms. The molecule has 1 N–H and O–H groups in total. The molecule has 3 atom stereocenters. The molecule has 5 nitrogen and oxygen atoms in total. The minimum atomic E-state index is 0.0192. The molecule has 0 bridgehead atoms. The molecule has 2 aliphatic rings. The van der Waals surface area contributed by atoms with Crippen LogP contribution in [0.2, 0.25) is 0 Å². The van der Waals surface area contributed by atoms with Gasteiger partial charge >= 0.3 is 0 Å². The summed E-state index contributed by atoms with van der Waals surface area (Å²) >= 11 is 0. The van der Waals surface area contributed by atoms with Crippen molar-refractivity contribution in [2.75, 3.05) is 13.1 Å². The molecular weight excluding hydrogens is 230 g/mol. The quantitative estimate of drug-likeness (QED) is 0.888. The van der Waals surface area contributed by atoms with Crippen LogP contribution in [0.1, 0.15) is 50.4 Å². The van der Waals surface area contributed by atoms with Crippen LogP contribution in [-0.4, -0.2) is 29.3 Å². The van der Waals surface area contributed by atoms with Gasteiger partial charge in [0.05, 0.1) is 6.10 Å². The summed E-state index contributed by atoms with van der Waals surface area (Å²) in [5.41, 5.74) is 0. The minimum absolute atomic E-state index is 0.0192. The maximum Gasteiger partial charge on any atom is 0.255 e. The number of ether oxygens (including phenoxy) is 1. The van der Waals surface area contributed by atoms with Crippen molar-refractivity contribution in [2.24, 2.45) is 5.92 Å². The van der Waals surface area contributed by atoms with Crippen LogP contribution < -0.4 is 5.32 Å².